The van der Waals surface area contributed by atoms with Gasteiger partial charge < -0.3 is 0 Å². The lowest BCUT2D eigenvalue weighted by Gasteiger charge is -2.10. The third-order valence-corrected chi connectivity index (χ3v) is 3.87. The van der Waals surface area contributed by atoms with Crippen LogP contribution in [0, 0.1) is 17.1 Å². The monoisotopic (exact) mass is 315 g/mol. The molecule has 3 heteroatoms. The fourth-order valence-corrected chi connectivity index (χ4v) is 2.58. The Morgan fingerprint density at radius 1 is 0.792 bits per heavy atom. The first-order valence-corrected chi connectivity index (χ1v) is 7.54. The number of carbonyl (C=O) groups excluding carboxylic acids is 1. The summed E-state index contributed by atoms with van der Waals surface area (Å²) >= 11 is 0. The zero-order valence-corrected chi connectivity index (χ0v) is 12.8. The van der Waals surface area contributed by atoms with Gasteiger partial charge in [-0.3, -0.25) is 4.79 Å². The highest BCUT2D eigenvalue weighted by Crippen LogP contribution is 2.24. The van der Waals surface area contributed by atoms with E-state index in [1.807, 2.05) is 30.3 Å². The van der Waals surface area contributed by atoms with Gasteiger partial charge in [-0.05, 0) is 35.4 Å². The van der Waals surface area contributed by atoms with Crippen molar-refractivity contribution in [3.05, 3.63) is 107 Å². The number of halogens is 1. The van der Waals surface area contributed by atoms with E-state index in [0.29, 0.717) is 11.1 Å². The maximum atomic E-state index is 13.0. The second-order valence-electron chi connectivity index (χ2n) is 5.43. The number of nitrogens with zero attached hydrogens (tertiary/aromatic N) is 1. The standard InChI is InChI=1S/C21H14FNO/c22-19-12-10-18(11-13-19)21(24)17-8-6-16(7-9-17)20(14-23)15-4-2-1-3-5-15/h1-13,20H/t20-/m1/s1. The van der Waals surface area contributed by atoms with Crippen LogP contribution in [0.15, 0.2) is 78.9 Å². The molecule has 0 bridgehead atoms. The summed E-state index contributed by atoms with van der Waals surface area (Å²) < 4.78 is 13.0. The van der Waals surface area contributed by atoms with Crippen LogP contribution >= 0.6 is 0 Å². The molecule has 0 saturated carbocycles. The molecule has 24 heavy (non-hydrogen) atoms. The van der Waals surface area contributed by atoms with Crippen LogP contribution in [-0.4, -0.2) is 5.78 Å². The lowest BCUT2D eigenvalue weighted by atomic mass is 9.91. The summed E-state index contributed by atoms with van der Waals surface area (Å²) in [7, 11) is 0. The fourth-order valence-electron chi connectivity index (χ4n) is 2.58. The first-order chi connectivity index (χ1) is 11.7. The van der Waals surface area contributed by atoms with E-state index in [1.165, 1.54) is 24.3 Å². The van der Waals surface area contributed by atoms with Gasteiger partial charge in [0.1, 0.15) is 5.82 Å². The lowest BCUT2D eigenvalue weighted by Crippen LogP contribution is -2.03. The Hall–Kier alpha value is -3.25. The average Bonchev–Trinajstić information content (AvgIpc) is 2.64. The van der Waals surface area contributed by atoms with Crippen molar-refractivity contribution in [2.75, 3.05) is 0 Å². The number of carbonyl (C=O) groups is 1. The fraction of sp³-hybridized carbons (Fsp3) is 0.0476. The number of ketones is 1. The van der Waals surface area contributed by atoms with Gasteiger partial charge in [0.2, 0.25) is 0 Å². The minimum absolute atomic E-state index is 0.172. The molecule has 1 atom stereocenters. The largest absolute Gasteiger partial charge is 0.289 e. The molecule has 0 unspecified atom stereocenters. The van der Waals surface area contributed by atoms with E-state index >= 15 is 0 Å². The molecule has 3 rings (SSSR count). The zero-order chi connectivity index (χ0) is 16.9. The van der Waals surface area contributed by atoms with E-state index in [9.17, 15) is 14.4 Å². The smallest absolute Gasteiger partial charge is 0.193 e. The highest BCUT2D eigenvalue weighted by Gasteiger charge is 2.14. The van der Waals surface area contributed by atoms with Crippen LogP contribution in [0.25, 0.3) is 0 Å². The maximum absolute atomic E-state index is 13.0. The van der Waals surface area contributed by atoms with Crippen molar-refractivity contribution in [3.63, 3.8) is 0 Å². The highest BCUT2D eigenvalue weighted by molar-refractivity contribution is 6.08. The zero-order valence-electron chi connectivity index (χ0n) is 12.8. The molecule has 0 saturated heterocycles. The molecule has 3 aromatic rings. The van der Waals surface area contributed by atoms with Crippen LogP contribution in [0.1, 0.15) is 33.0 Å². The van der Waals surface area contributed by atoms with Gasteiger partial charge in [0.05, 0.1) is 12.0 Å². The van der Waals surface area contributed by atoms with Crippen molar-refractivity contribution in [1.29, 1.82) is 5.26 Å². The lowest BCUT2D eigenvalue weighted by molar-refractivity contribution is 0.103. The first kappa shape index (κ1) is 15.6. The van der Waals surface area contributed by atoms with Gasteiger partial charge in [-0.15, -0.1) is 0 Å². The van der Waals surface area contributed by atoms with Crippen molar-refractivity contribution in [3.8, 4) is 6.07 Å². The predicted molar refractivity (Wildman–Crippen MR) is 90.2 cm³/mol. The molecule has 0 spiro atoms. The maximum Gasteiger partial charge on any atom is 0.193 e. The van der Waals surface area contributed by atoms with E-state index in [0.717, 1.165) is 11.1 Å². The molecule has 0 aromatic heterocycles. The summed E-state index contributed by atoms with van der Waals surface area (Å²) in [5, 5.41) is 9.46. The average molecular weight is 315 g/mol. The van der Waals surface area contributed by atoms with E-state index < -0.39 is 0 Å². The second-order valence-corrected chi connectivity index (χ2v) is 5.43. The summed E-state index contributed by atoms with van der Waals surface area (Å²) in [6.45, 7) is 0. The molecule has 3 aromatic carbocycles. The van der Waals surface area contributed by atoms with Gasteiger partial charge in [-0.25, -0.2) is 4.39 Å². The van der Waals surface area contributed by atoms with Gasteiger partial charge in [0.25, 0.3) is 0 Å². The van der Waals surface area contributed by atoms with Crippen molar-refractivity contribution in [2.24, 2.45) is 0 Å². The summed E-state index contributed by atoms with van der Waals surface area (Å²) in [5.74, 6) is -0.919. The Bertz CT molecular complexity index is 878. The predicted octanol–water partition coefficient (Wildman–Crippen LogP) is 4.71. The molecule has 0 fully saturated rings. The topological polar surface area (TPSA) is 40.9 Å². The minimum Gasteiger partial charge on any atom is -0.289 e. The summed E-state index contributed by atoms with van der Waals surface area (Å²) in [4.78, 5) is 12.4. The molecule has 2 nitrogen and oxygen atoms in total. The van der Waals surface area contributed by atoms with Crippen molar-refractivity contribution in [2.45, 2.75) is 5.92 Å². The number of rotatable bonds is 4. The van der Waals surface area contributed by atoms with Crippen LogP contribution in [0.4, 0.5) is 4.39 Å². The van der Waals surface area contributed by atoms with Gasteiger partial charge in [-0.1, -0.05) is 54.6 Å². The number of hydrogen-bond donors (Lipinski definition) is 0. The highest BCUT2D eigenvalue weighted by atomic mass is 19.1. The van der Waals surface area contributed by atoms with Crippen molar-refractivity contribution >= 4 is 5.78 Å². The third-order valence-electron chi connectivity index (χ3n) is 3.87. The first-order valence-electron chi connectivity index (χ1n) is 7.54. The molecule has 0 N–H and O–H groups in total. The van der Waals surface area contributed by atoms with E-state index in [4.69, 9.17) is 0 Å². The second kappa shape index (κ2) is 6.89. The molecular weight excluding hydrogens is 301 g/mol. The van der Waals surface area contributed by atoms with Crippen LogP contribution in [0.3, 0.4) is 0 Å². The normalized spacial score (nSPS) is 11.5. The Morgan fingerprint density at radius 2 is 1.29 bits per heavy atom. The van der Waals surface area contributed by atoms with Gasteiger partial charge >= 0.3 is 0 Å². The molecule has 0 aliphatic heterocycles. The van der Waals surface area contributed by atoms with Gasteiger partial charge in [-0.2, -0.15) is 5.26 Å². The Balaban J connectivity index is 1.86. The van der Waals surface area contributed by atoms with Crippen LogP contribution in [-0.2, 0) is 0 Å². The Labute approximate surface area is 139 Å². The van der Waals surface area contributed by atoms with Gasteiger partial charge in [0, 0.05) is 11.1 Å². The van der Waals surface area contributed by atoms with Crippen LogP contribution < -0.4 is 0 Å². The summed E-state index contributed by atoms with van der Waals surface area (Å²) in [6.07, 6.45) is 0. The van der Waals surface area contributed by atoms with E-state index in [-0.39, 0.29) is 17.5 Å². The Morgan fingerprint density at radius 3 is 1.83 bits per heavy atom. The molecule has 0 heterocycles. The molecule has 116 valence electrons. The molecular formula is C21H14FNO. The van der Waals surface area contributed by atoms with E-state index in [1.54, 1.807) is 24.3 Å². The quantitative estimate of drug-likeness (QED) is 0.654. The van der Waals surface area contributed by atoms with Crippen molar-refractivity contribution < 1.29 is 9.18 Å². The van der Waals surface area contributed by atoms with Gasteiger partial charge in [0.15, 0.2) is 5.78 Å². The van der Waals surface area contributed by atoms with Crippen molar-refractivity contribution in [1.82, 2.24) is 0 Å². The molecule has 0 radical (unpaired) electrons. The minimum atomic E-state index is -0.374. The van der Waals surface area contributed by atoms with Crippen LogP contribution in [0.5, 0.6) is 0 Å². The summed E-state index contributed by atoms with van der Waals surface area (Å²) in [6, 6.07) is 24.3. The SMILES string of the molecule is N#C[C@H](c1ccccc1)c1ccc(C(=O)c2ccc(F)cc2)cc1. The molecule has 0 amide bonds. The molecule has 0 aliphatic carbocycles. The van der Waals surface area contributed by atoms with E-state index in [2.05, 4.69) is 6.07 Å². The number of hydrogen-bond acceptors (Lipinski definition) is 2. The number of benzene rings is 3. The number of nitriles is 1. The Kier molecular flexibility index (Phi) is 4.49. The molecule has 0 aliphatic rings. The third kappa shape index (κ3) is 3.23. The summed E-state index contributed by atoms with van der Waals surface area (Å²) in [5.41, 5.74) is 2.69. The van der Waals surface area contributed by atoms with Crippen LogP contribution in [0.2, 0.25) is 0 Å².